The van der Waals surface area contributed by atoms with Crippen LogP contribution < -0.4 is 5.73 Å². The largest absolute Gasteiger partial charge is 0.399 e. The Balaban J connectivity index is 1.86. The molecule has 1 aromatic carbocycles. The lowest BCUT2D eigenvalue weighted by atomic mass is 9.91. The highest BCUT2D eigenvalue weighted by molar-refractivity contribution is 5.95. The average Bonchev–Trinajstić information content (AvgIpc) is 2.86. The minimum Gasteiger partial charge on any atom is -0.399 e. The number of nitrogens with zero attached hydrogens (tertiary/aromatic N) is 1. The number of halogens is 1. The number of carbonyl (C=O) groups excluding carboxylic acids is 1. The van der Waals surface area contributed by atoms with Crippen LogP contribution in [0.4, 0.5) is 10.1 Å². The summed E-state index contributed by atoms with van der Waals surface area (Å²) in [6.07, 6.45) is 5.69. The van der Waals surface area contributed by atoms with Crippen LogP contribution >= 0.6 is 0 Å². The van der Waals surface area contributed by atoms with Gasteiger partial charge in [-0.1, -0.05) is 6.42 Å². The van der Waals surface area contributed by atoms with Crippen molar-refractivity contribution in [3.63, 3.8) is 0 Å². The average molecular weight is 262 g/mol. The van der Waals surface area contributed by atoms with E-state index in [-0.39, 0.29) is 11.5 Å². The molecule has 3 rings (SSSR count). The van der Waals surface area contributed by atoms with E-state index in [1.54, 1.807) is 6.07 Å². The lowest BCUT2D eigenvalue weighted by Gasteiger charge is -2.37. The summed E-state index contributed by atoms with van der Waals surface area (Å²) in [6, 6.07) is 4.64. The van der Waals surface area contributed by atoms with Gasteiger partial charge in [0.15, 0.2) is 0 Å². The molecule has 4 heteroatoms. The fourth-order valence-electron chi connectivity index (χ4n) is 3.57. The first-order valence-corrected chi connectivity index (χ1v) is 7.03. The van der Waals surface area contributed by atoms with E-state index in [0.29, 0.717) is 17.6 Å². The maximum absolute atomic E-state index is 13.9. The van der Waals surface area contributed by atoms with E-state index in [1.807, 2.05) is 4.90 Å². The molecule has 2 unspecified atom stereocenters. The van der Waals surface area contributed by atoms with Crippen molar-refractivity contribution in [2.75, 3.05) is 12.3 Å². The number of nitrogen functional groups attached to an aromatic ring is 1. The number of fused-ring (bicyclic) bond motifs is 1. The number of likely N-dealkylation sites (tertiary alicyclic amines) is 1. The SMILES string of the molecule is Nc1ccc(C(=O)N2CCCC3CCCC32)c(F)c1. The second-order valence-corrected chi connectivity index (χ2v) is 5.64. The first-order valence-electron chi connectivity index (χ1n) is 7.03. The molecule has 1 aliphatic heterocycles. The summed E-state index contributed by atoms with van der Waals surface area (Å²) in [4.78, 5) is 14.4. The zero-order valence-electron chi connectivity index (χ0n) is 10.9. The Morgan fingerprint density at radius 3 is 2.84 bits per heavy atom. The van der Waals surface area contributed by atoms with Gasteiger partial charge in [-0.15, -0.1) is 0 Å². The van der Waals surface area contributed by atoms with E-state index in [0.717, 1.165) is 19.4 Å². The third-order valence-electron chi connectivity index (χ3n) is 4.48. The zero-order valence-corrected chi connectivity index (χ0v) is 10.9. The van der Waals surface area contributed by atoms with Crippen molar-refractivity contribution >= 4 is 11.6 Å². The molecule has 2 N–H and O–H groups in total. The molecular formula is C15H19FN2O. The van der Waals surface area contributed by atoms with Crippen LogP contribution in [0.2, 0.25) is 0 Å². The number of piperidine rings is 1. The molecule has 1 aromatic rings. The summed E-state index contributed by atoms with van der Waals surface area (Å²) in [6.45, 7) is 0.754. The molecule has 2 atom stereocenters. The number of amides is 1. The van der Waals surface area contributed by atoms with Crippen molar-refractivity contribution in [1.82, 2.24) is 4.90 Å². The Morgan fingerprint density at radius 2 is 2.05 bits per heavy atom. The maximum atomic E-state index is 13.9. The summed E-state index contributed by atoms with van der Waals surface area (Å²) in [5.41, 5.74) is 6.03. The fraction of sp³-hybridized carbons (Fsp3) is 0.533. The number of anilines is 1. The van der Waals surface area contributed by atoms with Crippen molar-refractivity contribution < 1.29 is 9.18 Å². The lowest BCUT2D eigenvalue weighted by Crippen LogP contribution is -2.46. The van der Waals surface area contributed by atoms with Gasteiger partial charge in [-0.2, -0.15) is 0 Å². The van der Waals surface area contributed by atoms with Gasteiger partial charge in [0.25, 0.3) is 5.91 Å². The van der Waals surface area contributed by atoms with Crippen molar-refractivity contribution in [2.45, 2.75) is 38.1 Å². The van der Waals surface area contributed by atoms with Gasteiger partial charge >= 0.3 is 0 Å². The van der Waals surface area contributed by atoms with Gasteiger partial charge < -0.3 is 10.6 Å². The van der Waals surface area contributed by atoms with E-state index in [9.17, 15) is 9.18 Å². The number of rotatable bonds is 1. The van der Waals surface area contributed by atoms with Crippen molar-refractivity contribution in [1.29, 1.82) is 0 Å². The van der Waals surface area contributed by atoms with Crippen LogP contribution in [-0.2, 0) is 0 Å². The number of hydrogen-bond acceptors (Lipinski definition) is 2. The minimum atomic E-state index is -0.509. The molecule has 1 aliphatic carbocycles. The van der Waals surface area contributed by atoms with Gasteiger partial charge in [0.05, 0.1) is 5.56 Å². The van der Waals surface area contributed by atoms with E-state index < -0.39 is 5.82 Å². The van der Waals surface area contributed by atoms with Crippen LogP contribution in [0.5, 0.6) is 0 Å². The minimum absolute atomic E-state index is 0.154. The van der Waals surface area contributed by atoms with Crippen molar-refractivity contribution in [3.8, 4) is 0 Å². The summed E-state index contributed by atoms with van der Waals surface area (Å²) < 4.78 is 13.9. The Labute approximate surface area is 112 Å². The Bertz CT molecular complexity index is 503. The molecule has 1 saturated carbocycles. The fourth-order valence-corrected chi connectivity index (χ4v) is 3.57. The quantitative estimate of drug-likeness (QED) is 0.791. The van der Waals surface area contributed by atoms with E-state index in [1.165, 1.54) is 31.4 Å². The van der Waals surface area contributed by atoms with E-state index in [2.05, 4.69) is 0 Å². The highest BCUT2D eigenvalue weighted by Crippen LogP contribution is 2.37. The van der Waals surface area contributed by atoms with E-state index in [4.69, 9.17) is 5.73 Å². The summed E-state index contributed by atoms with van der Waals surface area (Å²) in [5.74, 6) is -0.0613. The number of hydrogen-bond donors (Lipinski definition) is 1. The van der Waals surface area contributed by atoms with E-state index >= 15 is 0 Å². The topological polar surface area (TPSA) is 46.3 Å². The highest BCUT2D eigenvalue weighted by atomic mass is 19.1. The summed E-state index contributed by atoms with van der Waals surface area (Å²) in [5, 5.41) is 0. The molecule has 0 radical (unpaired) electrons. The molecule has 2 aliphatic rings. The molecule has 0 spiro atoms. The summed E-state index contributed by atoms with van der Waals surface area (Å²) in [7, 11) is 0. The molecule has 0 aromatic heterocycles. The Kier molecular flexibility index (Phi) is 3.17. The van der Waals surface area contributed by atoms with Gasteiger partial charge in [-0.25, -0.2) is 4.39 Å². The molecule has 0 bridgehead atoms. The van der Waals surface area contributed by atoms with Gasteiger partial charge in [0, 0.05) is 18.3 Å². The second-order valence-electron chi connectivity index (χ2n) is 5.64. The van der Waals surface area contributed by atoms with Crippen LogP contribution in [-0.4, -0.2) is 23.4 Å². The van der Waals surface area contributed by atoms with Gasteiger partial charge in [0.2, 0.25) is 0 Å². The monoisotopic (exact) mass is 262 g/mol. The first kappa shape index (κ1) is 12.5. The summed E-state index contributed by atoms with van der Waals surface area (Å²) >= 11 is 0. The number of benzene rings is 1. The van der Waals surface area contributed by atoms with Crippen LogP contribution in [0.1, 0.15) is 42.5 Å². The molecule has 19 heavy (non-hydrogen) atoms. The molecular weight excluding hydrogens is 243 g/mol. The lowest BCUT2D eigenvalue weighted by molar-refractivity contribution is 0.0543. The highest BCUT2D eigenvalue weighted by Gasteiger charge is 2.38. The second kappa shape index (κ2) is 4.83. The smallest absolute Gasteiger partial charge is 0.257 e. The molecule has 1 amide bonds. The Hall–Kier alpha value is -1.58. The van der Waals surface area contributed by atoms with Gasteiger partial charge in [0.1, 0.15) is 5.82 Å². The van der Waals surface area contributed by atoms with Crippen LogP contribution in [0, 0.1) is 11.7 Å². The van der Waals surface area contributed by atoms with Crippen molar-refractivity contribution in [3.05, 3.63) is 29.6 Å². The molecule has 1 heterocycles. The third-order valence-corrected chi connectivity index (χ3v) is 4.48. The predicted molar refractivity (Wildman–Crippen MR) is 72.2 cm³/mol. The van der Waals surface area contributed by atoms with Crippen LogP contribution in [0.25, 0.3) is 0 Å². The molecule has 3 nitrogen and oxygen atoms in total. The van der Waals surface area contributed by atoms with Crippen LogP contribution in [0.3, 0.4) is 0 Å². The van der Waals surface area contributed by atoms with Crippen LogP contribution in [0.15, 0.2) is 18.2 Å². The first-order chi connectivity index (χ1) is 9.16. The zero-order chi connectivity index (χ0) is 13.4. The molecule has 1 saturated heterocycles. The Morgan fingerprint density at radius 1 is 1.26 bits per heavy atom. The number of nitrogens with two attached hydrogens (primary N) is 1. The van der Waals surface area contributed by atoms with Gasteiger partial charge in [-0.3, -0.25) is 4.79 Å². The normalized spacial score (nSPS) is 26.3. The third kappa shape index (κ3) is 2.20. The predicted octanol–water partition coefficient (Wildman–Crippen LogP) is 2.81. The van der Waals surface area contributed by atoms with Crippen molar-refractivity contribution in [2.24, 2.45) is 5.92 Å². The van der Waals surface area contributed by atoms with Gasteiger partial charge in [-0.05, 0) is 49.8 Å². The maximum Gasteiger partial charge on any atom is 0.257 e. The standard InChI is InChI=1S/C15H19FN2O/c16-13-9-11(17)6-7-12(13)15(19)18-8-2-4-10-3-1-5-14(10)18/h6-7,9-10,14H,1-5,8,17H2. The molecule has 2 fully saturated rings. The number of carbonyl (C=O) groups is 1. The molecule has 102 valence electrons.